The first-order valence-corrected chi connectivity index (χ1v) is 9.28. The second-order valence-corrected chi connectivity index (χ2v) is 6.66. The van der Waals surface area contributed by atoms with Crippen molar-refractivity contribution in [2.75, 3.05) is 13.2 Å². The van der Waals surface area contributed by atoms with Crippen LogP contribution in [-0.2, 0) is 6.42 Å². The second kappa shape index (κ2) is 7.08. The van der Waals surface area contributed by atoms with Crippen LogP contribution in [0.1, 0.15) is 37.5 Å². The van der Waals surface area contributed by atoms with Gasteiger partial charge in [0.05, 0.1) is 17.1 Å². The average molecular weight is 366 g/mol. The van der Waals surface area contributed by atoms with Crippen molar-refractivity contribution in [3.8, 4) is 22.6 Å². The lowest BCUT2D eigenvalue weighted by atomic mass is 9.96. The summed E-state index contributed by atoms with van der Waals surface area (Å²) in [5.74, 6) is 1.32. The number of ether oxygens (including phenoxy) is 2. The van der Waals surface area contributed by atoms with Crippen molar-refractivity contribution in [1.82, 2.24) is 0 Å². The second-order valence-electron chi connectivity index (χ2n) is 6.66. The van der Waals surface area contributed by atoms with E-state index in [0.717, 1.165) is 23.1 Å². The quantitative estimate of drug-likeness (QED) is 0.748. The molecular formula is C22H22O5. The van der Waals surface area contributed by atoms with Crippen LogP contribution in [0.25, 0.3) is 22.1 Å². The third kappa shape index (κ3) is 3.08. The third-order valence-electron chi connectivity index (χ3n) is 5.01. The SMILES string of the molecule is CCc1cc2c(=O)c(-c3ccc4c(c3)OCCO4)coc2cc1C(O)CC. The lowest BCUT2D eigenvalue weighted by molar-refractivity contribution is 0.171. The van der Waals surface area contributed by atoms with Crippen LogP contribution in [0.4, 0.5) is 0 Å². The van der Waals surface area contributed by atoms with Crippen LogP contribution in [0.2, 0.25) is 0 Å². The van der Waals surface area contributed by atoms with Gasteiger partial charge < -0.3 is 19.0 Å². The standard InChI is InChI=1S/C22H22O5/c1-3-13-9-16-20(11-15(13)18(23)4-2)27-12-17(22(16)24)14-5-6-19-21(10-14)26-8-7-25-19/h5-6,9-12,18,23H,3-4,7-8H2,1-2H3. The molecule has 1 aliphatic heterocycles. The fourth-order valence-electron chi connectivity index (χ4n) is 3.48. The van der Waals surface area contributed by atoms with Gasteiger partial charge in [-0.25, -0.2) is 0 Å². The van der Waals surface area contributed by atoms with Crippen molar-refractivity contribution in [3.05, 3.63) is 57.9 Å². The highest BCUT2D eigenvalue weighted by Gasteiger charge is 2.18. The molecular weight excluding hydrogens is 344 g/mol. The van der Waals surface area contributed by atoms with Crippen LogP contribution in [0, 0.1) is 0 Å². The maximum absolute atomic E-state index is 13.1. The number of hydrogen-bond acceptors (Lipinski definition) is 5. The summed E-state index contributed by atoms with van der Waals surface area (Å²) in [6.07, 6.45) is 2.25. The summed E-state index contributed by atoms with van der Waals surface area (Å²) in [4.78, 5) is 13.1. The van der Waals surface area contributed by atoms with Gasteiger partial charge in [0.2, 0.25) is 5.43 Å². The van der Waals surface area contributed by atoms with E-state index >= 15 is 0 Å². The predicted molar refractivity (Wildman–Crippen MR) is 104 cm³/mol. The molecule has 1 N–H and O–H groups in total. The number of fused-ring (bicyclic) bond motifs is 2. The third-order valence-corrected chi connectivity index (χ3v) is 5.01. The Hall–Kier alpha value is -2.79. The molecule has 1 aromatic heterocycles. The van der Waals surface area contributed by atoms with Gasteiger partial charge in [-0.15, -0.1) is 0 Å². The van der Waals surface area contributed by atoms with Crippen LogP contribution < -0.4 is 14.9 Å². The van der Waals surface area contributed by atoms with Gasteiger partial charge in [-0.1, -0.05) is 19.9 Å². The van der Waals surface area contributed by atoms with Crippen LogP contribution in [0.3, 0.4) is 0 Å². The molecule has 2 heterocycles. The largest absolute Gasteiger partial charge is 0.486 e. The fraction of sp³-hybridized carbons (Fsp3) is 0.318. The van der Waals surface area contributed by atoms with E-state index in [1.165, 1.54) is 6.26 Å². The van der Waals surface area contributed by atoms with Crippen molar-refractivity contribution >= 4 is 11.0 Å². The predicted octanol–water partition coefficient (Wildman–Crippen LogP) is 4.24. The lowest BCUT2D eigenvalue weighted by Crippen LogP contribution is -2.15. The molecule has 4 rings (SSSR count). The fourth-order valence-corrected chi connectivity index (χ4v) is 3.48. The van der Waals surface area contributed by atoms with Gasteiger partial charge in [0.25, 0.3) is 0 Å². The number of aliphatic hydroxyl groups is 1. The monoisotopic (exact) mass is 366 g/mol. The van der Waals surface area contributed by atoms with E-state index in [1.807, 2.05) is 38.1 Å². The Labute approximate surface area is 157 Å². The summed E-state index contributed by atoms with van der Waals surface area (Å²) < 4.78 is 16.9. The Bertz CT molecular complexity index is 1050. The lowest BCUT2D eigenvalue weighted by Gasteiger charge is -2.19. The number of rotatable bonds is 4. The topological polar surface area (TPSA) is 68.9 Å². The molecule has 0 bridgehead atoms. The zero-order valence-electron chi connectivity index (χ0n) is 15.5. The summed E-state index contributed by atoms with van der Waals surface area (Å²) in [6.45, 7) is 4.95. The smallest absolute Gasteiger partial charge is 0.200 e. The van der Waals surface area contributed by atoms with Gasteiger partial charge >= 0.3 is 0 Å². The van der Waals surface area contributed by atoms with Crippen molar-refractivity contribution in [2.45, 2.75) is 32.8 Å². The first-order chi connectivity index (χ1) is 13.1. The Morgan fingerprint density at radius 2 is 1.85 bits per heavy atom. The van der Waals surface area contributed by atoms with E-state index in [9.17, 15) is 9.90 Å². The summed E-state index contributed by atoms with van der Waals surface area (Å²) in [7, 11) is 0. The van der Waals surface area contributed by atoms with Gasteiger partial charge in [0, 0.05) is 0 Å². The Morgan fingerprint density at radius 3 is 2.59 bits per heavy atom. The van der Waals surface area contributed by atoms with Crippen molar-refractivity contribution in [3.63, 3.8) is 0 Å². The van der Waals surface area contributed by atoms with E-state index in [4.69, 9.17) is 13.9 Å². The van der Waals surface area contributed by atoms with E-state index in [2.05, 4.69) is 0 Å². The van der Waals surface area contributed by atoms with Gasteiger partial charge in [0.1, 0.15) is 25.1 Å². The number of aryl methyl sites for hydroxylation is 1. The molecule has 5 nitrogen and oxygen atoms in total. The molecule has 0 spiro atoms. The average Bonchev–Trinajstić information content (AvgIpc) is 2.72. The molecule has 1 aliphatic rings. The molecule has 140 valence electrons. The molecule has 27 heavy (non-hydrogen) atoms. The normalized spacial score (nSPS) is 14.3. The Balaban J connectivity index is 1.86. The van der Waals surface area contributed by atoms with Crippen LogP contribution >= 0.6 is 0 Å². The summed E-state index contributed by atoms with van der Waals surface area (Å²) in [5.41, 5.74) is 3.38. The molecule has 0 radical (unpaired) electrons. The molecule has 1 atom stereocenters. The summed E-state index contributed by atoms with van der Waals surface area (Å²) in [6, 6.07) is 9.09. The first-order valence-electron chi connectivity index (χ1n) is 9.28. The summed E-state index contributed by atoms with van der Waals surface area (Å²) >= 11 is 0. The summed E-state index contributed by atoms with van der Waals surface area (Å²) in [5, 5.41) is 10.8. The molecule has 1 unspecified atom stereocenters. The van der Waals surface area contributed by atoms with Crippen molar-refractivity contribution < 1.29 is 19.0 Å². The van der Waals surface area contributed by atoms with E-state index in [0.29, 0.717) is 47.7 Å². The molecule has 3 aromatic rings. The van der Waals surface area contributed by atoms with Crippen LogP contribution in [-0.4, -0.2) is 18.3 Å². The maximum Gasteiger partial charge on any atom is 0.200 e. The van der Waals surface area contributed by atoms with E-state index < -0.39 is 6.10 Å². The van der Waals surface area contributed by atoms with Gasteiger partial charge in [0.15, 0.2) is 11.5 Å². The van der Waals surface area contributed by atoms with Crippen molar-refractivity contribution in [1.29, 1.82) is 0 Å². The Morgan fingerprint density at radius 1 is 1.07 bits per heavy atom. The molecule has 0 fully saturated rings. The van der Waals surface area contributed by atoms with Crippen LogP contribution in [0.15, 0.2) is 45.8 Å². The first kappa shape index (κ1) is 17.6. The number of benzene rings is 2. The van der Waals surface area contributed by atoms with Gasteiger partial charge in [-0.3, -0.25) is 4.79 Å². The van der Waals surface area contributed by atoms with E-state index in [1.54, 1.807) is 6.07 Å². The van der Waals surface area contributed by atoms with Gasteiger partial charge in [-0.05, 0) is 53.8 Å². The minimum Gasteiger partial charge on any atom is -0.486 e. The molecule has 0 saturated heterocycles. The van der Waals surface area contributed by atoms with E-state index in [-0.39, 0.29) is 5.43 Å². The molecule has 5 heteroatoms. The van der Waals surface area contributed by atoms with Crippen molar-refractivity contribution in [2.24, 2.45) is 0 Å². The highest BCUT2D eigenvalue weighted by Crippen LogP contribution is 2.34. The Kier molecular flexibility index (Phi) is 4.62. The zero-order chi connectivity index (χ0) is 19.0. The minimum absolute atomic E-state index is 0.0971. The highest BCUT2D eigenvalue weighted by molar-refractivity contribution is 5.83. The maximum atomic E-state index is 13.1. The van der Waals surface area contributed by atoms with Gasteiger partial charge in [-0.2, -0.15) is 0 Å². The number of aliphatic hydroxyl groups excluding tert-OH is 1. The molecule has 0 aliphatic carbocycles. The molecule has 2 aromatic carbocycles. The highest BCUT2D eigenvalue weighted by atomic mass is 16.6. The molecule has 0 amide bonds. The molecule has 0 saturated carbocycles. The van der Waals surface area contributed by atoms with Crippen LogP contribution in [0.5, 0.6) is 11.5 Å². The number of hydrogen-bond donors (Lipinski definition) is 1. The minimum atomic E-state index is -0.563. The zero-order valence-corrected chi connectivity index (χ0v) is 15.5.